The third-order valence-corrected chi connectivity index (χ3v) is 4.05. The summed E-state index contributed by atoms with van der Waals surface area (Å²) in [7, 11) is -2.70. The van der Waals surface area contributed by atoms with Crippen LogP contribution in [-0.2, 0) is 19.5 Å². The summed E-state index contributed by atoms with van der Waals surface area (Å²) in [6.45, 7) is 4.02. The standard InChI is InChI=1S/C13H20N2O5S/c1-9(2)20-7-6-15-21(17,18)12-8-10(14)4-5-11(12)13(16)19-3/h4-5,8-9,15H,6-7,14H2,1-3H3. The van der Waals surface area contributed by atoms with Crippen molar-refractivity contribution < 1.29 is 22.7 Å². The van der Waals surface area contributed by atoms with E-state index in [1.165, 1.54) is 25.3 Å². The lowest BCUT2D eigenvalue weighted by molar-refractivity contribution is 0.0596. The number of hydrogen-bond acceptors (Lipinski definition) is 6. The van der Waals surface area contributed by atoms with Crippen molar-refractivity contribution in [1.29, 1.82) is 0 Å². The van der Waals surface area contributed by atoms with Crippen molar-refractivity contribution in [2.45, 2.75) is 24.8 Å². The van der Waals surface area contributed by atoms with Gasteiger partial charge < -0.3 is 15.2 Å². The Morgan fingerprint density at radius 1 is 1.38 bits per heavy atom. The van der Waals surface area contributed by atoms with Crippen molar-refractivity contribution in [3.63, 3.8) is 0 Å². The molecule has 0 heterocycles. The van der Waals surface area contributed by atoms with E-state index in [4.69, 9.17) is 10.5 Å². The predicted molar refractivity (Wildman–Crippen MR) is 78.5 cm³/mol. The van der Waals surface area contributed by atoms with E-state index in [9.17, 15) is 13.2 Å². The molecule has 0 unspecified atom stereocenters. The molecule has 0 saturated heterocycles. The average Bonchev–Trinajstić information content (AvgIpc) is 2.42. The van der Waals surface area contributed by atoms with Crippen LogP contribution in [0.15, 0.2) is 23.1 Å². The van der Waals surface area contributed by atoms with E-state index in [-0.39, 0.29) is 35.4 Å². The van der Waals surface area contributed by atoms with E-state index >= 15 is 0 Å². The monoisotopic (exact) mass is 316 g/mol. The highest BCUT2D eigenvalue weighted by Gasteiger charge is 2.23. The zero-order chi connectivity index (χ0) is 16.0. The second-order valence-corrected chi connectivity index (χ2v) is 6.30. The van der Waals surface area contributed by atoms with Crippen molar-refractivity contribution >= 4 is 21.7 Å². The molecule has 0 aliphatic rings. The van der Waals surface area contributed by atoms with Gasteiger partial charge in [0.15, 0.2) is 0 Å². The van der Waals surface area contributed by atoms with E-state index in [1.807, 2.05) is 13.8 Å². The summed E-state index contributed by atoms with van der Waals surface area (Å²) in [6.07, 6.45) is 0.00695. The predicted octanol–water partition coefficient (Wildman–Crippen LogP) is 0.759. The summed E-state index contributed by atoms with van der Waals surface area (Å²) >= 11 is 0. The number of ether oxygens (including phenoxy) is 2. The highest BCUT2D eigenvalue weighted by molar-refractivity contribution is 7.89. The number of nitrogens with one attached hydrogen (secondary N) is 1. The minimum Gasteiger partial charge on any atom is -0.465 e. The van der Waals surface area contributed by atoms with Crippen molar-refractivity contribution in [3.05, 3.63) is 23.8 Å². The summed E-state index contributed by atoms with van der Waals surface area (Å²) in [5, 5.41) is 0. The zero-order valence-corrected chi connectivity index (χ0v) is 13.1. The van der Waals surface area contributed by atoms with Crippen LogP contribution in [0.3, 0.4) is 0 Å². The molecule has 8 heteroatoms. The smallest absolute Gasteiger partial charge is 0.339 e. The molecule has 0 bridgehead atoms. The van der Waals surface area contributed by atoms with Gasteiger partial charge in [0.25, 0.3) is 0 Å². The van der Waals surface area contributed by atoms with Crippen LogP contribution in [0.25, 0.3) is 0 Å². The molecule has 0 fully saturated rings. The first kappa shape index (κ1) is 17.4. The first-order valence-electron chi connectivity index (χ1n) is 6.37. The summed E-state index contributed by atoms with van der Waals surface area (Å²) in [4.78, 5) is 11.4. The number of carbonyl (C=O) groups is 1. The Balaban J connectivity index is 2.96. The summed E-state index contributed by atoms with van der Waals surface area (Å²) in [6, 6.07) is 3.98. The number of sulfonamides is 1. The Hall–Kier alpha value is -1.64. The van der Waals surface area contributed by atoms with Crippen LogP contribution in [0.1, 0.15) is 24.2 Å². The van der Waals surface area contributed by atoms with E-state index < -0.39 is 16.0 Å². The minimum atomic E-state index is -3.88. The quantitative estimate of drug-likeness (QED) is 0.437. The highest BCUT2D eigenvalue weighted by atomic mass is 32.2. The van der Waals surface area contributed by atoms with E-state index in [2.05, 4.69) is 9.46 Å². The normalized spacial score (nSPS) is 11.6. The average molecular weight is 316 g/mol. The second kappa shape index (κ2) is 7.39. The molecule has 0 saturated carbocycles. The number of rotatable bonds is 7. The third-order valence-electron chi connectivity index (χ3n) is 2.55. The molecule has 0 aromatic heterocycles. The molecule has 1 rings (SSSR count). The molecule has 0 radical (unpaired) electrons. The molecular formula is C13H20N2O5S. The number of nitrogen functional groups attached to an aromatic ring is 1. The number of esters is 1. The maximum atomic E-state index is 12.2. The van der Waals surface area contributed by atoms with Gasteiger partial charge in [-0.05, 0) is 32.0 Å². The summed E-state index contributed by atoms with van der Waals surface area (Å²) in [5.41, 5.74) is 5.76. The lowest BCUT2D eigenvalue weighted by atomic mass is 10.2. The fourth-order valence-corrected chi connectivity index (χ4v) is 2.83. The molecule has 0 spiro atoms. The molecule has 1 aromatic carbocycles. The molecule has 0 aliphatic carbocycles. The minimum absolute atomic E-state index is 0.00695. The zero-order valence-electron chi connectivity index (χ0n) is 12.3. The van der Waals surface area contributed by atoms with Gasteiger partial charge in [-0.3, -0.25) is 0 Å². The SMILES string of the molecule is COC(=O)c1ccc(N)cc1S(=O)(=O)NCCOC(C)C. The third kappa shape index (κ3) is 5.00. The molecule has 0 amide bonds. The fourth-order valence-electron chi connectivity index (χ4n) is 1.59. The van der Waals surface area contributed by atoms with Crippen LogP contribution >= 0.6 is 0 Å². The highest BCUT2D eigenvalue weighted by Crippen LogP contribution is 2.19. The number of benzene rings is 1. The lowest BCUT2D eigenvalue weighted by Gasteiger charge is -2.12. The maximum Gasteiger partial charge on any atom is 0.339 e. The Morgan fingerprint density at radius 3 is 2.62 bits per heavy atom. The first-order valence-corrected chi connectivity index (χ1v) is 7.85. The maximum absolute atomic E-state index is 12.2. The molecule has 21 heavy (non-hydrogen) atoms. The summed E-state index contributed by atoms with van der Waals surface area (Å²) < 4.78 is 36.7. The first-order chi connectivity index (χ1) is 9.77. The molecule has 3 N–H and O–H groups in total. The van der Waals surface area contributed by atoms with Crippen molar-refractivity contribution in [3.8, 4) is 0 Å². The largest absolute Gasteiger partial charge is 0.465 e. The molecule has 0 aliphatic heterocycles. The second-order valence-electron chi connectivity index (χ2n) is 4.56. The van der Waals surface area contributed by atoms with Gasteiger partial charge in [0, 0.05) is 12.2 Å². The van der Waals surface area contributed by atoms with Crippen LogP contribution in [0.4, 0.5) is 5.69 Å². The van der Waals surface area contributed by atoms with E-state index in [0.29, 0.717) is 0 Å². The molecular weight excluding hydrogens is 296 g/mol. The van der Waals surface area contributed by atoms with E-state index in [0.717, 1.165) is 0 Å². The molecule has 1 aromatic rings. The van der Waals surface area contributed by atoms with Crippen LogP contribution in [0.5, 0.6) is 0 Å². The van der Waals surface area contributed by atoms with Crippen molar-refractivity contribution in [2.75, 3.05) is 26.0 Å². The number of methoxy groups -OCH3 is 1. The Bertz CT molecular complexity index is 599. The van der Waals surface area contributed by atoms with Crippen molar-refractivity contribution in [1.82, 2.24) is 4.72 Å². The van der Waals surface area contributed by atoms with Crippen LogP contribution in [-0.4, -0.2) is 40.8 Å². The van der Waals surface area contributed by atoms with E-state index in [1.54, 1.807) is 0 Å². The van der Waals surface area contributed by atoms with Crippen LogP contribution in [0.2, 0.25) is 0 Å². The van der Waals surface area contributed by atoms with Crippen LogP contribution in [0, 0.1) is 0 Å². The number of carbonyl (C=O) groups excluding carboxylic acids is 1. The summed E-state index contributed by atoms with van der Waals surface area (Å²) in [5.74, 6) is -0.742. The molecule has 7 nitrogen and oxygen atoms in total. The van der Waals surface area contributed by atoms with Gasteiger partial charge in [-0.2, -0.15) is 0 Å². The van der Waals surface area contributed by atoms with Gasteiger partial charge in [-0.1, -0.05) is 0 Å². The Kier molecular flexibility index (Phi) is 6.13. The number of anilines is 1. The van der Waals surface area contributed by atoms with Crippen molar-refractivity contribution in [2.24, 2.45) is 0 Å². The van der Waals surface area contributed by atoms with Gasteiger partial charge in [0.1, 0.15) is 0 Å². The molecule has 0 atom stereocenters. The lowest BCUT2D eigenvalue weighted by Crippen LogP contribution is -2.29. The Morgan fingerprint density at radius 2 is 2.05 bits per heavy atom. The number of hydrogen-bond donors (Lipinski definition) is 2. The van der Waals surface area contributed by atoms with Gasteiger partial charge in [-0.15, -0.1) is 0 Å². The van der Waals surface area contributed by atoms with Gasteiger partial charge in [0.2, 0.25) is 10.0 Å². The fraction of sp³-hybridized carbons (Fsp3) is 0.462. The van der Waals surface area contributed by atoms with Gasteiger partial charge in [0.05, 0.1) is 30.3 Å². The Labute approximate surface area is 124 Å². The van der Waals surface area contributed by atoms with Crippen LogP contribution < -0.4 is 10.5 Å². The topological polar surface area (TPSA) is 108 Å². The molecule has 118 valence electrons. The van der Waals surface area contributed by atoms with Gasteiger partial charge in [-0.25, -0.2) is 17.9 Å². The van der Waals surface area contributed by atoms with Gasteiger partial charge >= 0.3 is 5.97 Å². The number of nitrogens with two attached hydrogens (primary N) is 1.